The van der Waals surface area contributed by atoms with E-state index < -0.39 is 15.9 Å². The van der Waals surface area contributed by atoms with Crippen molar-refractivity contribution in [1.82, 2.24) is 0 Å². The quantitative estimate of drug-likeness (QED) is 0.442. The maximum atomic E-state index is 6.27. The van der Waals surface area contributed by atoms with E-state index in [9.17, 15) is 0 Å². The molecule has 1 aliphatic heterocycles. The van der Waals surface area contributed by atoms with E-state index in [0.717, 1.165) is 0 Å². The van der Waals surface area contributed by atoms with Crippen molar-refractivity contribution in [2.45, 2.75) is 0 Å². The van der Waals surface area contributed by atoms with Crippen LogP contribution in [0.2, 0.25) is 0 Å². The molecule has 0 amide bonds. The summed E-state index contributed by atoms with van der Waals surface area (Å²) < 4.78 is 4.43. The van der Waals surface area contributed by atoms with Crippen molar-refractivity contribution in [2.75, 3.05) is 0 Å². The monoisotopic (exact) mass is 428 g/mol. The van der Waals surface area contributed by atoms with Gasteiger partial charge in [0.15, 0.2) is 0 Å². The van der Waals surface area contributed by atoms with Crippen LogP contribution < -0.4 is 3.61 Å². The maximum absolute atomic E-state index is 6.27. The molecular weight excluding hydrogens is 421 g/mol. The van der Waals surface area contributed by atoms with Gasteiger partial charge in [-0.05, 0) is 0 Å². The first-order valence-corrected chi connectivity index (χ1v) is 12.8. The van der Waals surface area contributed by atoms with E-state index in [2.05, 4.69) is 32.8 Å². The second kappa shape index (κ2) is 3.33. The number of hydrogen-bond donors (Lipinski definition) is 0. The van der Waals surface area contributed by atoms with Crippen LogP contribution in [0.1, 0.15) is 5.56 Å². The predicted octanol–water partition coefficient (Wildman–Crippen LogP) is 3.14. The van der Waals surface area contributed by atoms with Crippen LogP contribution in [-0.4, -0.2) is 15.9 Å². The molecule has 0 aliphatic carbocycles. The fourth-order valence-corrected chi connectivity index (χ4v) is 13.3. The van der Waals surface area contributed by atoms with Crippen LogP contribution in [0.15, 0.2) is 28.4 Å². The van der Waals surface area contributed by atoms with Crippen molar-refractivity contribution in [3.05, 3.63) is 34.0 Å². The number of hydrogen-bond acceptors (Lipinski definition) is 0. The molecule has 0 fully saturated rings. The molecule has 0 saturated heterocycles. The van der Waals surface area contributed by atoms with Gasteiger partial charge in [-0.25, -0.2) is 0 Å². The van der Waals surface area contributed by atoms with Crippen molar-refractivity contribution < 1.29 is 0 Å². The minimum atomic E-state index is -2.77. The summed E-state index contributed by atoms with van der Waals surface area (Å²) in [6.45, 7) is 0. The Morgan fingerprint density at radius 2 is 1.83 bits per heavy atom. The van der Waals surface area contributed by atoms with E-state index in [1.807, 2.05) is 18.2 Å². The first kappa shape index (κ1) is 9.61. The molecule has 0 unspecified atom stereocenters. The van der Waals surface area contributed by atoms with Gasteiger partial charge in [0.05, 0.1) is 0 Å². The molecule has 1 heterocycles. The molecule has 0 spiro atoms. The van der Waals surface area contributed by atoms with E-state index in [4.69, 9.17) is 17.9 Å². The standard InChI is InChI=1S/C8H5Cl2ITe/c9-12(10)5-7(11)6-3-1-2-4-8(6)12/h1-5H. The number of halogens is 3. The minimum absolute atomic E-state index is 1.17. The molecule has 0 nitrogen and oxygen atoms in total. The molecule has 12 heavy (non-hydrogen) atoms. The second-order valence-electron chi connectivity index (χ2n) is 2.47. The zero-order valence-electron chi connectivity index (χ0n) is 5.93. The summed E-state index contributed by atoms with van der Waals surface area (Å²) in [6.07, 6.45) is 0. The number of benzene rings is 1. The molecule has 1 aliphatic rings. The molecule has 2 rings (SSSR count). The molecule has 0 aromatic heterocycles. The van der Waals surface area contributed by atoms with Crippen molar-refractivity contribution in [3.8, 4) is 0 Å². The number of rotatable bonds is 0. The molecule has 4 heteroatoms. The summed E-state index contributed by atoms with van der Waals surface area (Å²) in [6, 6.07) is 8.13. The molecule has 0 N–H and O–H groups in total. The van der Waals surface area contributed by atoms with Crippen molar-refractivity contribution >= 4 is 63.6 Å². The van der Waals surface area contributed by atoms with E-state index in [-0.39, 0.29) is 0 Å². The SMILES string of the molecule is Cl[Te]1(Cl)C=C(I)c2ccccc21. The van der Waals surface area contributed by atoms with Crippen LogP contribution in [-0.2, 0) is 0 Å². The first-order chi connectivity index (χ1) is 5.61. The summed E-state index contributed by atoms with van der Waals surface area (Å²) in [5, 5.41) is 0. The average molecular weight is 427 g/mol. The van der Waals surface area contributed by atoms with E-state index in [0.29, 0.717) is 0 Å². The Morgan fingerprint density at radius 1 is 1.17 bits per heavy atom. The predicted molar refractivity (Wildman–Crippen MR) is 65.5 cm³/mol. The summed E-state index contributed by atoms with van der Waals surface area (Å²) in [5.41, 5.74) is 1.23. The van der Waals surface area contributed by atoms with E-state index in [1.54, 1.807) is 0 Å². The van der Waals surface area contributed by atoms with Crippen LogP contribution >= 0.6 is 40.5 Å². The Morgan fingerprint density at radius 3 is 2.50 bits per heavy atom. The normalized spacial score (nSPS) is 21.4. The summed E-state index contributed by atoms with van der Waals surface area (Å²) in [7, 11) is 12.5. The van der Waals surface area contributed by atoms with Crippen molar-refractivity contribution in [3.63, 3.8) is 0 Å². The Bertz CT molecular complexity index is 360. The van der Waals surface area contributed by atoms with Crippen LogP contribution in [0.3, 0.4) is 0 Å². The third-order valence-corrected chi connectivity index (χ3v) is 11.5. The molecule has 0 radical (unpaired) electrons. The van der Waals surface area contributed by atoms with Gasteiger partial charge in [-0.2, -0.15) is 0 Å². The van der Waals surface area contributed by atoms with Gasteiger partial charge < -0.3 is 0 Å². The second-order valence-corrected chi connectivity index (χ2v) is 16.1. The molecule has 0 bridgehead atoms. The van der Waals surface area contributed by atoms with Gasteiger partial charge >= 0.3 is 97.6 Å². The zero-order chi connectivity index (χ0) is 8.77. The molecule has 1 aromatic rings. The van der Waals surface area contributed by atoms with Gasteiger partial charge in [0.2, 0.25) is 0 Å². The Kier molecular flexibility index (Phi) is 2.66. The van der Waals surface area contributed by atoms with Crippen LogP contribution in [0.25, 0.3) is 3.58 Å². The molecule has 1 aromatic carbocycles. The van der Waals surface area contributed by atoms with E-state index in [1.165, 1.54) is 12.8 Å². The van der Waals surface area contributed by atoms with Gasteiger partial charge in [-0.3, -0.25) is 0 Å². The molecule has 64 valence electrons. The summed E-state index contributed by atoms with van der Waals surface area (Å²) in [4.78, 5) is 0. The van der Waals surface area contributed by atoms with E-state index >= 15 is 0 Å². The first-order valence-electron chi connectivity index (χ1n) is 3.30. The fourth-order valence-electron chi connectivity index (χ4n) is 1.16. The van der Waals surface area contributed by atoms with Crippen LogP contribution in [0, 0.1) is 0 Å². The zero-order valence-corrected chi connectivity index (χ0v) is 11.9. The van der Waals surface area contributed by atoms with Gasteiger partial charge in [0.1, 0.15) is 0 Å². The van der Waals surface area contributed by atoms with Crippen molar-refractivity contribution in [2.24, 2.45) is 0 Å². The topological polar surface area (TPSA) is 0 Å². The summed E-state index contributed by atoms with van der Waals surface area (Å²) >= 11 is -0.484. The average Bonchev–Trinajstić information content (AvgIpc) is 2.25. The van der Waals surface area contributed by atoms with Crippen molar-refractivity contribution in [1.29, 1.82) is 0 Å². The third-order valence-electron chi connectivity index (χ3n) is 1.69. The van der Waals surface area contributed by atoms with Crippen LogP contribution in [0.4, 0.5) is 0 Å². The fraction of sp³-hybridized carbons (Fsp3) is 0. The van der Waals surface area contributed by atoms with Gasteiger partial charge in [0, 0.05) is 0 Å². The molecule has 0 saturated carbocycles. The number of fused-ring (bicyclic) bond motifs is 1. The van der Waals surface area contributed by atoms with Crippen LogP contribution in [0.5, 0.6) is 0 Å². The van der Waals surface area contributed by atoms with Gasteiger partial charge in [-0.15, -0.1) is 0 Å². The Hall–Kier alpha value is 1.06. The summed E-state index contributed by atoms with van der Waals surface area (Å²) in [5.74, 6) is 0. The Labute approximate surface area is 96.4 Å². The van der Waals surface area contributed by atoms with Gasteiger partial charge in [-0.1, -0.05) is 0 Å². The molecular formula is C8H5Cl2ITe. The van der Waals surface area contributed by atoms with Gasteiger partial charge in [0.25, 0.3) is 0 Å². The third kappa shape index (κ3) is 1.53. The molecule has 0 atom stereocenters. The Balaban J connectivity index is 2.68.